The predicted molar refractivity (Wildman–Crippen MR) is 87.5 cm³/mol. The van der Waals surface area contributed by atoms with Gasteiger partial charge in [0.05, 0.1) is 5.69 Å². The third kappa shape index (κ3) is 3.25. The van der Waals surface area contributed by atoms with Gasteiger partial charge in [-0.2, -0.15) is 0 Å². The van der Waals surface area contributed by atoms with Crippen molar-refractivity contribution in [3.63, 3.8) is 0 Å². The Balaban J connectivity index is 1.95. The molecular formula is C19H19NO2. The van der Waals surface area contributed by atoms with Crippen LogP contribution in [-0.4, -0.2) is 11.0 Å². The number of ether oxygens (including phenoxy) is 1. The number of esters is 1. The van der Waals surface area contributed by atoms with Crippen molar-refractivity contribution in [2.75, 3.05) is 0 Å². The van der Waals surface area contributed by atoms with Crippen LogP contribution in [0.5, 0.6) is 5.75 Å². The van der Waals surface area contributed by atoms with Crippen LogP contribution in [0, 0.1) is 6.92 Å². The molecule has 0 saturated heterocycles. The Bertz CT molecular complexity index is 747. The van der Waals surface area contributed by atoms with Gasteiger partial charge in [-0.1, -0.05) is 18.2 Å². The van der Waals surface area contributed by atoms with E-state index in [1.807, 2.05) is 24.4 Å². The van der Waals surface area contributed by atoms with Crippen LogP contribution in [-0.2, 0) is 11.2 Å². The van der Waals surface area contributed by atoms with Gasteiger partial charge in [0.2, 0.25) is 0 Å². The van der Waals surface area contributed by atoms with Crippen LogP contribution in [0.25, 0.3) is 11.6 Å². The molecule has 112 valence electrons. The third-order valence-corrected chi connectivity index (χ3v) is 3.76. The molecule has 22 heavy (non-hydrogen) atoms. The molecule has 0 saturated carbocycles. The number of hydrogen-bond donors (Lipinski definition) is 0. The number of carbonyl (C=O) groups is 1. The molecule has 3 nitrogen and oxygen atoms in total. The van der Waals surface area contributed by atoms with Crippen LogP contribution in [0.1, 0.15) is 42.1 Å². The van der Waals surface area contributed by atoms with E-state index < -0.39 is 0 Å². The van der Waals surface area contributed by atoms with Gasteiger partial charge in [0, 0.05) is 13.1 Å². The summed E-state index contributed by atoms with van der Waals surface area (Å²) in [5.74, 6) is 0.278. The minimum atomic E-state index is -0.301. The lowest BCUT2D eigenvalue weighted by Crippen LogP contribution is -2.05. The van der Waals surface area contributed by atoms with Crippen LogP contribution in [0.3, 0.4) is 0 Å². The monoisotopic (exact) mass is 293 g/mol. The van der Waals surface area contributed by atoms with E-state index in [1.165, 1.54) is 23.6 Å². The van der Waals surface area contributed by atoms with E-state index in [0.717, 1.165) is 30.5 Å². The summed E-state index contributed by atoms with van der Waals surface area (Å²) in [4.78, 5) is 15.7. The van der Waals surface area contributed by atoms with Crippen LogP contribution >= 0.6 is 0 Å². The number of benzene rings is 1. The number of hydrogen-bond acceptors (Lipinski definition) is 3. The summed E-state index contributed by atoms with van der Waals surface area (Å²) < 4.78 is 5.15. The third-order valence-electron chi connectivity index (χ3n) is 3.76. The molecule has 0 fully saturated rings. The Morgan fingerprint density at radius 3 is 2.95 bits per heavy atom. The minimum Gasteiger partial charge on any atom is -0.427 e. The van der Waals surface area contributed by atoms with Gasteiger partial charge in [0.1, 0.15) is 5.75 Å². The highest BCUT2D eigenvalue weighted by Crippen LogP contribution is 2.31. The zero-order valence-corrected chi connectivity index (χ0v) is 12.9. The van der Waals surface area contributed by atoms with Crippen molar-refractivity contribution >= 4 is 17.6 Å². The maximum Gasteiger partial charge on any atom is 0.308 e. The van der Waals surface area contributed by atoms with E-state index in [1.54, 1.807) is 6.07 Å². The van der Waals surface area contributed by atoms with Gasteiger partial charge in [-0.25, -0.2) is 0 Å². The lowest BCUT2D eigenvalue weighted by atomic mass is 9.89. The lowest BCUT2D eigenvalue weighted by molar-refractivity contribution is -0.131. The number of aryl methyl sites for hydroxylation is 2. The smallest absolute Gasteiger partial charge is 0.308 e. The second kappa shape index (κ2) is 6.14. The Morgan fingerprint density at radius 2 is 2.14 bits per heavy atom. The maximum atomic E-state index is 11.1. The molecule has 0 radical (unpaired) electrons. The Hall–Kier alpha value is -2.42. The second-order valence-electron chi connectivity index (χ2n) is 5.71. The number of carbonyl (C=O) groups excluding carboxylic acids is 1. The first kappa shape index (κ1) is 14.5. The second-order valence-corrected chi connectivity index (χ2v) is 5.71. The zero-order chi connectivity index (χ0) is 15.5. The molecule has 0 amide bonds. The van der Waals surface area contributed by atoms with Crippen LogP contribution < -0.4 is 4.74 Å². The van der Waals surface area contributed by atoms with Gasteiger partial charge in [-0.05, 0) is 66.7 Å². The summed E-state index contributed by atoms with van der Waals surface area (Å²) in [6.45, 7) is 3.49. The molecule has 3 heteroatoms. The van der Waals surface area contributed by atoms with E-state index in [0.29, 0.717) is 5.75 Å². The van der Waals surface area contributed by atoms with Crippen molar-refractivity contribution in [3.05, 3.63) is 58.9 Å². The molecule has 1 aromatic carbocycles. The lowest BCUT2D eigenvalue weighted by Gasteiger charge is -2.18. The summed E-state index contributed by atoms with van der Waals surface area (Å²) >= 11 is 0. The van der Waals surface area contributed by atoms with Crippen LogP contribution in [0.15, 0.2) is 36.5 Å². The van der Waals surface area contributed by atoms with Gasteiger partial charge in [0.15, 0.2) is 0 Å². The number of aromatic nitrogens is 1. The highest BCUT2D eigenvalue weighted by molar-refractivity contribution is 5.82. The fourth-order valence-electron chi connectivity index (χ4n) is 2.87. The van der Waals surface area contributed by atoms with E-state index in [9.17, 15) is 4.79 Å². The van der Waals surface area contributed by atoms with Crippen molar-refractivity contribution in [1.29, 1.82) is 0 Å². The first-order valence-electron chi connectivity index (χ1n) is 7.57. The SMILES string of the molecule is CC(=O)Oc1cccc(C=C2CCCc3cc(C)cnc32)c1. The van der Waals surface area contributed by atoms with E-state index in [-0.39, 0.29) is 5.97 Å². The summed E-state index contributed by atoms with van der Waals surface area (Å²) in [6.07, 6.45) is 7.34. The Labute approximate surface area is 130 Å². The normalized spacial score (nSPS) is 15.5. The van der Waals surface area contributed by atoms with Crippen molar-refractivity contribution < 1.29 is 9.53 Å². The van der Waals surface area contributed by atoms with Gasteiger partial charge in [-0.3, -0.25) is 9.78 Å². The average molecular weight is 293 g/mol. The van der Waals surface area contributed by atoms with Gasteiger partial charge in [-0.15, -0.1) is 0 Å². The molecule has 1 aliphatic carbocycles. The standard InChI is InChI=1S/C19H19NO2/c1-13-9-16-6-4-7-17(19(16)20-12-13)10-15-5-3-8-18(11-15)22-14(2)21/h3,5,8-12H,4,6-7H2,1-2H3. The number of pyridine rings is 1. The van der Waals surface area contributed by atoms with E-state index >= 15 is 0 Å². The average Bonchev–Trinajstić information content (AvgIpc) is 2.47. The molecule has 0 spiro atoms. The van der Waals surface area contributed by atoms with Gasteiger partial charge < -0.3 is 4.74 Å². The molecule has 0 atom stereocenters. The Kier molecular flexibility index (Phi) is 4.05. The van der Waals surface area contributed by atoms with Crippen molar-refractivity contribution in [1.82, 2.24) is 4.98 Å². The zero-order valence-electron chi connectivity index (χ0n) is 12.9. The molecule has 0 unspecified atom stereocenters. The highest BCUT2D eigenvalue weighted by Gasteiger charge is 2.15. The fraction of sp³-hybridized carbons (Fsp3) is 0.263. The highest BCUT2D eigenvalue weighted by atomic mass is 16.5. The van der Waals surface area contributed by atoms with E-state index in [4.69, 9.17) is 4.74 Å². The maximum absolute atomic E-state index is 11.1. The van der Waals surface area contributed by atoms with Crippen LogP contribution in [0.4, 0.5) is 0 Å². The molecule has 3 rings (SSSR count). The van der Waals surface area contributed by atoms with E-state index in [2.05, 4.69) is 24.1 Å². The molecule has 0 bridgehead atoms. The van der Waals surface area contributed by atoms with Crippen molar-refractivity contribution in [2.24, 2.45) is 0 Å². The molecule has 1 aromatic heterocycles. The van der Waals surface area contributed by atoms with Crippen LogP contribution in [0.2, 0.25) is 0 Å². The fourth-order valence-corrected chi connectivity index (χ4v) is 2.87. The number of fused-ring (bicyclic) bond motifs is 1. The molecule has 1 aliphatic rings. The molecular weight excluding hydrogens is 274 g/mol. The number of allylic oxidation sites excluding steroid dienone is 1. The summed E-state index contributed by atoms with van der Waals surface area (Å²) in [7, 11) is 0. The molecule has 2 aromatic rings. The molecule has 1 heterocycles. The molecule has 0 aliphatic heterocycles. The largest absolute Gasteiger partial charge is 0.427 e. The summed E-state index contributed by atoms with van der Waals surface area (Å²) in [6, 6.07) is 9.82. The van der Waals surface area contributed by atoms with Gasteiger partial charge in [0.25, 0.3) is 0 Å². The first-order chi connectivity index (χ1) is 10.6. The predicted octanol–water partition coefficient (Wildman–Crippen LogP) is 4.19. The summed E-state index contributed by atoms with van der Waals surface area (Å²) in [5.41, 5.74) is 5.92. The van der Waals surface area contributed by atoms with Crippen molar-refractivity contribution in [3.8, 4) is 5.75 Å². The first-order valence-corrected chi connectivity index (χ1v) is 7.57. The quantitative estimate of drug-likeness (QED) is 0.615. The molecule has 0 N–H and O–H groups in total. The Morgan fingerprint density at radius 1 is 1.27 bits per heavy atom. The number of rotatable bonds is 2. The minimum absolute atomic E-state index is 0.301. The topological polar surface area (TPSA) is 39.2 Å². The summed E-state index contributed by atoms with van der Waals surface area (Å²) in [5, 5.41) is 0. The van der Waals surface area contributed by atoms with Crippen molar-refractivity contribution in [2.45, 2.75) is 33.1 Å². The van der Waals surface area contributed by atoms with Gasteiger partial charge >= 0.3 is 5.97 Å². The number of nitrogens with zero attached hydrogens (tertiary/aromatic N) is 1.